The van der Waals surface area contributed by atoms with Crippen LogP contribution in [-0.2, 0) is 75.8 Å². The van der Waals surface area contributed by atoms with Crippen molar-refractivity contribution in [3.8, 4) is 0 Å². The molecule has 16 aliphatic heterocycles. The van der Waals surface area contributed by atoms with Crippen molar-refractivity contribution in [3.63, 3.8) is 0 Å². The Balaban J connectivity index is 0.652. The lowest BCUT2D eigenvalue weighted by atomic mass is 9.77. The fourth-order valence-corrected chi connectivity index (χ4v) is 18.2. The molecule has 0 aromatic carbocycles. The molecule has 16 saturated heterocycles. The van der Waals surface area contributed by atoms with Gasteiger partial charge in [-0.1, -0.05) is 40.9 Å². The molecule has 16 aliphatic rings. The molecule has 16 fully saturated rings. The van der Waals surface area contributed by atoms with Crippen LogP contribution in [-0.4, -0.2) is 198 Å². The Morgan fingerprint density at radius 2 is 1.20 bits per heavy atom. The summed E-state index contributed by atoms with van der Waals surface area (Å²) < 4.78 is 102. The summed E-state index contributed by atoms with van der Waals surface area (Å²) in [7, 11) is 0. The molecule has 0 radical (unpaired) electrons. The highest BCUT2D eigenvalue weighted by Gasteiger charge is 2.67. The molecule has 3 spiro atoms. The highest BCUT2D eigenvalue weighted by atomic mass is 16.8. The maximum atomic E-state index is 14.5. The predicted molar refractivity (Wildman–Crippen MR) is 274 cm³/mol. The first-order chi connectivity index (χ1) is 38.0. The van der Waals surface area contributed by atoms with Gasteiger partial charge in [-0.15, -0.1) is 0 Å². The first-order valence-electron chi connectivity index (χ1n) is 30.8. The molecule has 0 aromatic rings. The lowest BCUT2D eigenvalue weighted by Gasteiger charge is -2.54. The van der Waals surface area contributed by atoms with Gasteiger partial charge in [0.2, 0.25) is 0 Å². The third-order valence-electron chi connectivity index (χ3n) is 22.1. The molecule has 32 atom stereocenters. The molecule has 0 amide bonds. The van der Waals surface area contributed by atoms with Crippen LogP contribution in [0.3, 0.4) is 0 Å². The van der Waals surface area contributed by atoms with Gasteiger partial charge in [0.25, 0.3) is 0 Å². The van der Waals surface area contributed by atoms with Gasteiger partial charge in [-0.05, 0) is 73.8 Å². The van der Waals surface area contributed by atoms with E-state index in [1.165, 1.54) is 0 Å². The SMILES string of the molecule is C=C1C[C@@H]2CC[C@]34CC(O3)[C@@H]3O[C@H]5CC[C@H](CC(=O)O[C@@H]6[C@@H](C)[C@@H]7O[C@@H]8C[C@]9(C[C@@H]%10O[C@]%11(C[C@H](C)[C@@H]%12O[C@@H]%13[C@@H]([C@@H](O)CO)CO[C@@H]%13C[C@@H]%12O%11)C[C@H](C)[C@@H]%10O9)O[C@@H]8C[C@@H]7O[C@H]6C[C@H]6O[C@@H](CC[C@@H]1O2)C[C@@H](C)C6=C)O[C@@H]5[C@H](O4)[C@@H]3O. The highest BCUT2D eigenvalue weighted by molar-refractivity contribution is 5.70. The average Bonchev–Trinajstić information content (AvgIpc) is 4.11. The van der Waals surface area contributed by atoms with E-state index < -0.39 is 66.2 Å². The standard InChI is InChI=1S/C60H86O19/c1-26-13-32-7-9-37-27(2)14-34(66-37)11-12-58-22-47(76-58)55-49(64)57(79-58)56-38(70-55)10-8-33(68-56)15-48(63)72-53-31(6)52-43(69-42(53)16-39(67-32)30(26)5)17-40-45(71-52)21-60(74-40)23-46-51(78-60)29(4)20-59(77-46)19-28(3)50-44(75-59)18-41-54(73-50)35(25-65-41)36(62)24-61/h26,28-29,31-47,49-57,61-62,64H,2,5,7-25H2,1,3-4,6H3/t26-,28+,29+,31+,32+,33-,34+,35-,36+,37+,38+,39-,40-,41-,42+,43+,44+,45-,46+,47?,49-,50+,51+,52+,53-,54-,55+,56+,57-,58+,59-,60+/m1/s1. The molecule has 19 heteroatoms. The lowest BCUT2D eigenvalue weighted by molar-refractivity contribution is -0.370. The Morgan fingerprint density at radius 3 is 2.04 bits per heavy atom. The summed E-state index contributed by atoms with van der Waals surface area (Å²) in [4.78, 5) is 14.5. The smallest absolute Gasteiger partial charge is 0.308 e. The van der Waals surface area contributed by atoms with Crippen molar-refractivity contribution in [1.29, 1.82) is 0 Å². The Hall–Kier alpha value is -1.73. The topological polar surface area (TPSA) is 216 Å². The van der Waals surface area contributed by atoms with Gasteiger partial charge in [0.15, 0.2) is 17.4 Å². The summed E-state index contributed by atoms with van der Waals surface area (Å²) in [5.41, 5.74) is 2.12. The van der Waals surface area contributed by atoms with Crippen LogP contribution in [0.5, 0.6) is 0 Å². The number of carbonyl (C=O) groups is 1. The first kappa shape index (κ1) is 54.0. The van der Waals surface area contributed by atoms with Crippen molar-refractivity contribution in [3.05, 3.63) is 24.3 Å². The normalized spacial score (nSPS) is 58.0. The molecule has 19 nitrogen and oxygen atoms in total. The van der Waals surface area contributed by atoms with E-state index in [1.807, 2.05) is 0 Å². The Morgan fingerprint density at radius 1 is 0.532 bits per heavy atom. The van der Waals surface area contributed by atoms with Gasteiger partial charge in [-0.3, -0.25) is 4.79 Å². The second-order valence-electron chi connectivity index (χ2n) is 27.5. The van der Waals surface area contributed by atoms with Crippen molar-refractivity contribution in [2.24, 2.45) is 29.6 Å². The monoisotopic (exact) mass is 1110 g/mol. The largest absolute Gasteiger partial charge is 0.459 e. The fraction of sp³-hybridized carbons (Fsp3) is 0.917. The zero-order valence-electron chi connectivity index (χ0n) is 46.5. The molecular weight excluding hydrogens is 1020 g/mol. The molecule has 1 unspecified atom stereocenters. The third-order valence-corrected chi connectivity index (χ3v) is 22.1. The summed E-state index contributed by atoms with van der Waals surface area (Å²) in [6, 6.07) is 0. The quantitative estimate of drug-likeness (QED) is 0.251. The maximum absolute atomic E-state index is 14.5. The first-order valence-corrected chi connectivity index (χ1v) is 30.8. The maximum Gasteiger partial charge on any atom is 0.308 e. The lowest BCUT2D eigenvalue weighted by Crippen LogP contribution is -2.62. The second kappa shape index (κ2) is 20.2. The van der Waals surface area contributed by atoms with Crippen LogP contribution in [0.25, 0.3) is 0 Å². The number of aliphatic hydroxyl groups excluding tert-OH is 3. The molecule has 0 aliphatic carbocycles. The van der Waals surface area contributed by atoms with Gasteiger partial charge in [-0.25, -0.2) is 0 Å². The summed E-state index contributed by atoms with van der Waals surface area (Å²) in [6.07, 6.45) is 1.63. The van der Waals surface area contributed by atoms with Crippen LogP contribution in [0.1, 0.15) is 137 Å². The molecule has 16 heterocycles. The summed E-state index contributed by atoms with van der Waals surface area (Å²) in [5, 5.41) is 32.0. The molecule has 440 valence electrons. The van der Waals surface area contributed by atoms with Gasteiger partial charge in [0, 0.05) is 69.6 Å². The number of ether oxygens (including phenoxy) is 15. The van der Waals surface area contributed by atoms with Crippen LogP contribution in [0, 0.1) is 29.6 Å². The zero-order chi connectivity index (χ0) is 54.0. The van der Waals surface area contributed by atoms with Gasteiger partial charge in [-0.2, -0.15) is 0 Å². The Kier molecular flexibility index (Phi) is 13.8. The van der Waals surface area contributed by atoms with Crippen LogP contribution >= 0.6 is 0 Å². The van der Waals surface area contributed by atoms with Crippen LogP contribution in [0.4, 0.5) is 0 Å². The van der Waals surface area contributed by atoms with Crippen molar-refractivity contribution in [2.75, 3.05) is 13.2 Å². The highest BCUT2D eigenvalue weighted by Crippen LogP contribution is 2.57. The number of esters is 1. The van der Waals surface area contributed by atoms with Crippen LogP contribution < -0.4 is 0 Å². The minimum absolute atomic E-state index is 0.0110. The number of hydrogen-bond acceptors (Lipinski definition) is 19. The van der Waals surface area contributed by atoms with Gasteiger partial charge < -0.3 is 86.4 Å². The average molecular weight is 1110 g/mol. The predicted octanol–water partition coefficient (Wildman–Crippen LogP) is 4.78. The Labute approximate surface area is 463 Å². The summed E-state index contributed by atoms with van der Waals surface area (Å²) in [6.45, 7) is 17.8. The van der Waals surface area contributed by atoms with E-state index in [0.29, 0.717) is 77.2 Å². The summed E-state index contributed by atoms with van der Waals surface area (Å²) in [5.74, 6) is -3.06. The van der Waals surface area contributed by atoms with E-state index in [-0.39, 0.29) is 146 Å². The van der Waals surface area contributed by atoms with E-state index in [2.05, 4.69) is 40.9 Å². The van der Waals surface area contributed by atoms with Crippen LogP contribution in [0.15, 0.2) is 24.3 Å². The molecule has 0 saturated carbocycles. The van der Waals surface area contributed by atoms with Crippen molar-refractivity contribution >= 4 is 5.97 Å². The zero-order valence-corrected chi connectivity index (χ0v) is 46.5. The van der Waals surface area contributed by atoms with Gasteiger partial charge >= 0.3 is 5.97 Å². The van der Waals surface area contributed by atoms with E-state index in [0.717, 1.165) is 43.3 Å². The van der Waals surface area contributed by atoms with Crippen molar-refractivity contribution < 1.29 is 91.2 Å². The number of aliphatic hydroxyl groups is 3. The molecule has 16 rings (SSSR count). The number of rotatable bonds is 2. The van der Waals surface area contributed by atoms with Gasteiger partial charge in [0.1, 0.15) is 30.5 Å². The van der Waals surface area contributed by atoms with Crippen molar-refractivity contribution in [1.82, 2.24) is 0 Å². The van der Waals surface area contributed by atoms with Crippen molar-refractivity contribution in [2.45, 2.75) is 301 Å². The number of carbonyl (C=O) groups excluding carboxylic acids is 1. The minimum atomic E-state index is -0.932. The molecular formula is C60H86O19. The van der Waals surface area contributed by atoms with E-state index in [9.17, 15) is 20.1 Å². The molecule has 10 bridgehead atoms. The number of fused-ring (bicyclic) bond motifs is 11. The van der Waals surface area contributed by atoms with Gasteiger partial charge in [0.05, 0.1) is 136 Å². The minimum Gasteiger partial charge on any atom is -0.459 e. The third kappa shape index (κ3) is 9.34. The molecule has 79 heavy (non-hydrogen) atoms. The fourth-order valence-electron chi connectivity index (χ4n) is 18.2. The molecule has 0 aromatic heterocycles. The van der Waals surface area contributed by atoms with Crippen LogP contribution in [0.2, 0.25) is 0 Å². The van der Waals surface area contributed by atoms with E-state index >= 15 is 0 Å². The number of hydrogen-bond donors (Lipinski definition) is 3. The summed E-state index contributed by atoms with van der Waals surface area (Å²) >= 11 is 0. The van der Waals surface area contributed by atoms with E-state index in [4.69, 9.17) is 71.1 Å². The second-order valence-corrected chi connectivity index (χ2v) is 27.5. The molecule has 3 N–H and O–H groups in total. The van der Waals surface area contributed by atoms with E-state index in [1.54, 1.807) is 0 Å². The Bertz CT molecular complexity index is 2330.